The van der Waals surface area contributed by atoms with Crippen LogP contribution in [0.5, 0.6) is 5.75 Å². The first kappa shape index (κ1) is 21.1. The topological polar surface area (TPSA) is 45.7 Å². The zero-order chi connectivity index (χ0) is 17.4. The highest BCUT2D eigenvalue weighted by Crippen LogP contribution is 2.19. The number of nitrogens with one attached hydrogen (secondary N) is 2. The van der Waals surface area contributed by atoms with Crippen LogP contribution in [-0.4, -0.2) is 19.6 Å². The Bertz CT molecular complexity index is 681. The van der Waals surface area contributed by atoms with E-state index in [1.54, 1.807) is 37.4 Å². The molecule has 136 valence electrons. The van der Waals surface area contributed by atoms with Crippen LogP contribution in [0, 0.1) is 5.82 Å². The van der Waals surface area contributed by atoms with Crippen LogP contribution in [-0.2, 0) is 13.1 Å². The summed E-state index contributed by atoms with van der Waals surface area (Å²) in [4.78, 5) is 4.06. The predicted octanol–water partition coefficient (Wildman–Crippen LogP) is 3.91. The molecule has 2 N–H and O–H groups in total. The first-order chi connectivity index (χ1) is 11.6. The van der Waals surface area contributed by atoms with Gasteiger partial charge in [0.05, 0.1) is 0 Å². The van der Waals surface area contributed by atoms with Crippen LogP contribution in [0.2, 0.25) is 0 Å². The van der Waals surface area contributed by atoms with Crippen molar-refractivity contribution in [2.45, 2.75) is 19.7 Å². The molecular weight excluding hydrogens is 446 g/mol. The maximum absolute atomic E-state index is 12.9. The van der Waals surface area contributed by atoms with Gasteiger partial charge in [-0.05, 0) is 23.8 Å². The average molecular weight is 465 g/mol. The number of guanidine groups is 1. The Balaban J connectivity index is 0.00000312. The molecule has 0 radical (unpaired) electrons. The van der Waals surface area contributed by atoms with Crippen molar-refractivity contribution in [3.8, 4) is 5.75 Å². The second-order valence-electron chi connectivity index (χ2n) is 4.89. The maximum atomic E-state index is 12.9. The molecule has 0 fully saturated rings. The molecule has 0 aliphatic carbocycles. The van der Waals surface area contributed by atoms with Crippen molar-refractivity contribution in [1.29, 1.82) is 0 Å². The fourth-order valence-corrected chi connectivity index (χ4v) is 2.05. The van der Waals surface area contributed by atoms with E-state index < -0.39 is 6.61 Å². The van der Waals surface area contributed by atoms with E-state index in [0.717, 1.165) is 5.56 Å². The number of aliphatic imine (C=N–C) groups is 1. The summed E-state index contributed by atoms with van der Waals surface area (Å²) in [5.74, 6) is 0.317. The fourth-order valence-electron chi connectivity index (χ4n) is 2.05. The molecule has 0 unspecified atom stereocenters. The first-order valence-electron chi connectivity index (χ1n) is 7.30. The van der Waals surface area contributed by atoms with E-state index in [2.05, 4.69) is 20.4 Å². The molecule has 0 bridgehead atoms. The lowest BCUT2D eigenvalue weighted by Crippen LogP contribution is -2.36. The van der Waals surface area contributed by atoms with Gasteiger partial charge in [0.2, 0.25) is 0 Å². The minimum absolute atomic E-state index is 0. The summed E-state index contributed by atoms with van der Waals surface area (Å²) in [6.07, 6.45) is 0. The molecule has 0 saturated heterocycles. The number of alkyl halides is 2. The Hall–Kier alpha value is -1.97. The largest absolute Gasteiger partial charge is 0.434 e. The second kappa shape index (κ2) is 10.8. The minimum atomic E-state index is -2.87. The number of halogens is 4. The molecule has 0 saturated carbocycles. The van der Waals surface area contributed by atoms with Crippen LogP contribution < -0.4 is 15.4 Å². The lowest BCUT2D eigenvalue weighted by molar-refractivity contribution is -0.0504. The third-order valence-corrected chi connectivity index (χ3v) is 3.23. The van der Waals surface area contributed by atoms with Gasteiger partial charge in [-0.15, -0.1) is 24.0 Å². The van der Waals surface area contributed by atoms with Gasteiger partial charge in [0.25, 0.3) is 0 Å². The quantitative estimate of drug-likeness (QED) is 0.387. The average Bonchev–Trinajstić information content (AvgIpc) is 2.57. The molecule has 0 aliphatic rings. The molecular formula is C17H19F3IN3O. The molecule has 2 aromatic rings. The molecule has 0 amide bonds. The van der Waals surface area contributed by atoms with E-state index in [9.17, 15) is 13.2 Å². The number of hydrogen-bond donors (Lipinski definition) is 2. The van der Waals surface area contributed by atoms with Gasteiger partial charge in [0.1, 0.15) is 11.6 Å². The summed E-state index contributed by atoms with van der Waals surface area (Å²) in [7, 11) is 1.60. The Morgan fingerprint density at radius 2 is 1.68 bits per heavy atom. The lowest BCUT2D eigenvalue weighted by Gasteiger charge is -2.14. The maximum Gasteiger partial charge on any atom is 0.387 e. The van der Waals surface area contributed by atoms with Crippen molar-refractivity contribution >= 4 is 29.9 Å². The van der Waals surface area contributed by atoms with Gasteiger partial charge in [-0.3, -0.25) is 4.99 Å². The van der Waals surface area contributed by atoms with Crippen molar-refractivity contribution < 1.29 is 17.9 Å². The number of hydrogen-bond acceptors (Lipinski definition) is 2. The molecule has 0 spiro atoms. The zero-order valence-corrected chi connectivity index (χ0v) is 15.8. The van der Waals surface area contributed by atoms with Crippen molar-refractivity contribution in [1.82, 2.24) is 10.6 Å². The van der Waals surface area contributed by atoms with Gasteiger partial charge in [0.15, 0.2) is 5.96 Å². The van der Waals surface area contributed by atoms with Crippen molar-refractivity contribution in [3.63, 3.8) is 0 Å². The summed E-state index contributed by atoms with van der Waals surface area (Å²) in [5, 5.41) is 6.08. The van der Waals surface area contributed by atoms with Crippen LogP contribution in [0.3, 0.4) is 0 Å². The molecule has 0 aliphatic heterocycles. The van der Waals surface area contributed by atoms with Crippen molar-refractivity contribution in [3.05, 3.63) is 65.5 Å². The second-order valence-corrected chi connectivity index (χ2v) is 4.89. The summed E-state index contributed by atoms with van der Waals surface area (Å²) in [6.45, 7) is -2.15. The van der Waals surface area contributed by atoms with Crippen LogP contribution >= 0.6 is 24.0 Å². The normalized spacial score (nSPS) is 11.0. The Labute approximate surface area is 161 Å². The molecule has 8 heteroatoms. The predicted molar refractivity (Wildman–Crippen MR) is 102 cm³/mol. The molecule has 2 rings (SSSR count). The Morgan fingerprint density at radius 3 is 2.32 bits per heavy atom. The number of rotatable bonds is 6. The van der Waals surface area contributed by atoms with E-state index >= 15 is 0 Å². The Morgan fingerprint density at radius 1 is 1.04 bits per heavy atom. The van der Waals surface area contributed by atoms with E-state index in [4.69, 9.17) is 0 Å². The van der Waals surface area contributed by atoms with E-state index in [0.29, 0.717) is 18.1 Å². The smallest absolute Gasteiger partial charge is 0.387 e. The van der Waals surface area contributed by atoms with E-state index in [1.165, 1.54) is 18.2 Å². The summed E-state index contributed by atoms with van der Waals surface area (Å²) >= 11 is 0. The van der Waals surface area contributed by atoms with Crippen LogP contribution in [0.25, 0.3) is 0 Å². The van der Waals surface area contributed by atoms with Gasteiger partial charge in [0, 0.05) is 25.7 Å². The van der Waals surface area contributed by atoms with E-state index in [-0.39, 0.29) is 42.1 Å². The summed E-state index contributed by atoms with van der Waals surface area (Å²) in [5.41, 5.74) is 1.48. The van der Waals surface area contributed by atoms with Crippen molar-refractivity contribution in [2.75, 3.05) is 7.05 Å². The highest BCUT2D eigenvalue weighted by Gasteiger charge is 2.09. The zero-order valence-electron chi connectivity index (χ0n) is 13.5. The fraction of sp³-hybridized carbons (Fsp3) is 0.235. The van der Waals surface area contributed by atoms with E-state index in [1.807, 2.05) is 0 Å². The third-order valence-electron chi connectivity index (χ3n) is 3.23. The summed E-state index contributed by atoms with van der Waals surface area (Å²) in [6, 6.07) is 12.6. The number of para-hydroxylation sites is 1. The molecule has 25 heavy (non-hydrogen) atoms. The monoisotopic (exact) mass is 465 g/mol. The molecule has 0 aromatic heterocycles. The third kappa shape index (κ3) is 7.20. The van der Waals surface area contributed by atoms with Gasteiger partial charge in [-0.2, -0.15) is 8.78 Å². The molecule has 0 atom stereocenters. The Kier molecular flexibility index (Phi) is 9.11. The van der Waals surface area contributed by atoms with Gasteiger partial charge in [-0.1, -0.05) is 30.3 Å². The SMILES string of the molecule is CN=C(NCc1ccc(F)cc1)NCc1ccccc1OC(F)F.I. The van der Waals surface area contributed by atoms with Gasteiger partial charge < -0.3 is 15.4 Å². The standard InChI is InChI=1S/C17H18F3N3O.HI/c1-21-17(22-10-12-6-8-14(18)9-7-12)23-11-13-4-2-3-5-15(13)24-16(19)20;/h2-9,16H,10-11H2,1H3,(H2,21,22,23);1H. The minimum Gasteiger partial charge on any atom is -0.434 e. The first-order valence-corrected chi connectivity index (χ1v) is 7.30. The number of nitrogens with zero attached hydrogens (tertiary/aromatic N) is 1. The highest BCUT2D eigenvalue weighted by atomic mass is 127. The molecule has 2 aromatic carbocycles. The number of benzene rings is 2. The molecule has 0 heterocycles. The van der Waals surface area contributed by atoms with Crippen LogP contribution in [0.4, 0.5) is 13.2 Å². The van der Waals surface area contributed by atoms with Gasteiger partial charge in [-0.25, -0.2) is 4.39 Å². The number of ether oxygens (including phenoxy) is 1. The van der Waals surface area contributed by atoms with Crippen LogP contribution in [0.15, 0.2) is 53.5 Å². The lowest BCUT2D eigenvalue weighted by atomic mass is 10.2. The molecule has 4 nitrogen and oxygen atoms in total. The van der Waals surface area contributed by atoms with Crippen molar-refractivity contribution in [2.24, 2.45) is 4.99 Å². The van der Waals surface area contributed by atoms with Gasteiger partial charge >= 0.3 is 6.61 Å². The summed E-state index contributed by atoms with van der Waals surface area (Å²) < 4.78 is 42.1. The van der Waals surface area contributed by atoms with Crippen LogP contribution in [0.1, 0.15) is 11.1 Å². The highest BCUT2D eigenvalue weighted by molar-refractivity contribution is 14.0.